The van der Waals surface area contributed by atoms with E-state index in [4.69, 9.17) is 16.0 Å². The second-order valence-corrected chi connectivity index (χ2v) is 6.63. The average Bonchev–Trinajstić information content (AvgIpc) is 3.20. The van der Waals surface area contributed by atoms with Crippen molar-refractivity contribution < 1.29 is 22.4 Å². The number of benzene rings is 2. The third kappa shape index (κ3) is 3.30. The number of hydrogen-bond donors (Lipinski definition) is 0. The molecule has 2 aromatic carbocycles. The van der Waals surface area contributed by atoms with Gasteiger partial charge >= 0.3 is 6.18 Å². The zero-order valence-electron chi connectivity index (χ0n) is 13.8. The molecule has 27 heavy (non-hydrogen) atoms. The molecule has 2 nitrogen and oxygen atoms in total. The molecular formula is C21H12ClF3O2. The van der Waals surface area contributed by atoms with Crippen LogP contribution in [0.15, 0.2) is 64.6 Å². The van der Waals surface area contributed by atoms with Gasteiger partial charge in [0.15, 0.2) is 5.78 Å². The molecule has 136 valence electrons. The third-order valence-corrected chi connectivity index (χ3v) is 4.75. The van der Waals surface area contributed by atoms with Crippen molar-refractivity contribution in [3.63, 3.8) is 0 Å². The molecule has 0 fully saturated rings. The second kappa shape index (κ2) is 6.43. The van der Waals surface area contributed by atoms with Crippen LogP contribution >= 0.6 is 11.6 Å². The molecule has 3 aromatic rings. The minimum Gasteiger partial charge on any atom is -0.457 e. The summed E-state index contributed by atoms with van der Waals surface area (Å²) in [6.07, 6.45) is -2.28. The Morgan fingerprint density at radius 1 is 1.00 bits per heavy atom. The highest BCUT2D eigenvalue weighted by Gasteiger charge is 2.31. The fourth-order valence-corrected chi connectivity index (χ4v) is 3.38. The van der Waals surface area contributed by atoms with Crippen molar-refractivity contribution in [2.45, 2.75) is 12.6 Å². The number of fused-ring (bicyclic) bond motifs is 1. The molecule has 0 atom stereocenters. The highest BCUT2D eigenvalue weighted by atomic mass is 35.5. The van der Waals surface area contributed by atoms with Crippen molar-refractivity contribution in [1.82, 2.24) is 0 Å². The molecule has 1 aliphatic carbocycles. The van der Waals surface area contributed by atoms with Gasteiger partial charge in [-0.1, -0.05) is 35.9 Å². The Balaban J connectivity index is 1.63. The predicted octanol–water partition coefficient (Wildman–Crippen LogP) is 6.44. The highest BCUT2D eigenvalue weighted by molar-refractivity contribution is 6.33. The van der Waals surface area contributed by atoms with Gasteiger partial charge in [0.25, 0.3) is 0 Å². The van der Waals surface area contributed by atoms with Crippen molar-refractivity contribution in [2.24, 2.45) is 0 Å². The van der Waals surface area contributed by atoms with Crippen LogP contribution in [-0.4, -0.2) is 5.78 Å². The van der Waals surface area contributed by atoms with E-state index < -0.39 is 11.7 Å². The van der Waals surface area contributed by atoms with Gasteiger partial charge in [0.1, 0.15) is 11.5 Å². The number of furan rings is 1. The number of carbonyl (C=O) groups is 1. The molecule has 0 saturated carbocycles. The number of halogens is 4. The van der Waals surface area contributed by atoms with Crippen molar-refractivity contribution in [3.05, 3.63) is 87.6 Å². The van der Waals surface area contributed by atoms with Crippen LogP contribution in [0.4, 0.5) is 13.2 Å². The van der Waals surface area contributed by atoms with Gasteiger partial charge in [0.2, 0.25) is 0 Å². The molecule has 0 spiro atoms. The monoisotopic (exact) mass is 388 g/mol. The van der Waals surface area contributed by atoms with Crippen LogP contribution < -0.4 is 0 Å². The molecule has 0 unspecified atom stereocenters. The summed E-state index contributed by atoms with van der Waals surface area (Å²) < 4.78 is 44.0. The minimum atomic E-state index is -4.46. The molecule has 0 bridgehead atoms. The topological polar surface area (TPSA) is 30.2 Å². The maximum absolute atomic E-state index is 12.8. The summed E-state index contributed by atoms with van der Waals surface area (Å²) >= 11 is 6.00. The second-order valence-electron chi connectivity index (χ2n) is 6.23. The number of carbonyl (C=O) groups excluding carboxylic acids is 1. The maximum Gasteiger partial charge on any atom is 0.416 e. The Kier molecular flexibility index (Phi) is 4.19. The van der Waals surface area contributed by atoms with E-state index in [2.05, 4.69) is 0 Å². The van der Waals surface area contributed by atoms with E-state index in [-0.39, 0.29) is 10.8 Å². The summed E-state index contributed by atoms with van der Waals surface area (Å²) in [5.41, 5.74) is 1.79. The van der Waals surface area contributed by atoms with Crippen LogP contribution in [0.3, 0.4) is 0 Å². The number of hydrogen-bond acceptors (Lipinski definition) is 2. The van der Waals surface area contributed by atoms with Gasteiger partial charge in [0, 0.05) is 23.1 Å². The van der Waals surface area contributed by atoms with Gasteiger partial charge in [0.05, 0.1) is 10.6 Å². The van der Waals surface area contributed by atoms with Crippen LogP contribution in [0, 0.1) is 0 Å². The minimum absolute atomic E-state index is 0.0453. The van der Waals surface area contributed by atoms with Crippen LogP contribution in [0.25, 0.3) is 17.4 Å². The molecule has 0 saturated heterocycles. The molecule has 0 N–H and O–H groups in total. The van der Waals surface area contributed by atoms with E-state index in [1.165, 1.54) is 6.07 Å². The lowest BCUT2D eigenvalue weighted by Gasteiger charge is -2.08. The highest BCUT2D eigenvalue weighted by Crippen LogP contribution is 2.36. The van der Waals surface area contributed by atoms with E-state index in [0.717, 1.165) is 17.7 Å². The van der Waals surface area contributed by atoms with E-state index in [9.17, 15) is 18.0 Å². The lowest BCUT2D eigenvalue weighted by Crippen LogP contribution is -2.04. The van der Waals surface area contributed by atoms with Gasteiger partial charge in [-0.05, 0) is 42.0 Å². The van der Waals surface area contributed by atoms with Gasteiger partial charge in [-0.25, -0.2) is 0 Å². The Morgan fingerprint density at radius 3 is 2.48 bits per heavy atom. The van der Waals surface area contributed by atoms with Crippen molar-refractivity contribution in [2.75, 3.05) is 0 Å². The number of rotatable bonds is 2. The Labute approximate surface area is 157 Å². The van der Waals surface area contributed by atoms with Gasteiger partial charge in [-0.3, -0.25) is 4.79 Å². The van der Waals surface area contributed by atoms with Gasteiger partial charge in [-0.15, -0.1) is 0 Å². The standard InChI is InChI=1S/C21H12ClF3O2/c22-18-11-14(21(23,24)25)5-7-17(18)19-8-6-15(27-19)10-13-9-12-3-1-2-4-16(12)20(13)26/h1-8,10-11H,9H2. The lowest BCUT2D eigenvalue weighted by atomic mass is 10.1. The summed E-state index contributed by atoms with van der Waals surface area (Å²) in [4.78, 5) is 12.4. The van der Waals surface area contributed by atoms with E-state index in [1.54, 1.807) is 24.3 Å². The molecule has 1 aromatic heterocycles. The first-order valence-electron chi connectivity index (χ1n) is 8.13. The summed E-state index contributed by atoms with van der Waals surface area (Å²) in [7, 11) is 0. The predicted molar refractivity (Wildman–Crippen MR) is 96.6 cm³/mol. The lowest BCUT2D eigenvalue weighted by molar-refractivity contribution is -0.137. The smallest absolute Gasteiger partial charge is 0.416 e. The molecular weight excluding hydrogens is 377 g/mol. The molecule has 0 amide bonds. The Morgan fingerprint density at radius 2 is 1.78 bits per heavy atom. The SMILES string of the molecule is O=C1C(=Cc2ccc(-c3ccc(C(F)(F)F)cc3Cl)o2)Cc2ccccc21. The normalized spacial score (nSPS) is 15.4. The molecule has 1 aliphatic rings. The van der Waals surface area contributed by atoms with Crippen LogP contribution in [0.5, 0.6) is 0 Å². The number of allylic oxidation sites excluding steroid dienone is 1. The summed E-state index contributed by atoms with van der Waals surface area (Å²) in [5, 5.41) is -0.0530. The first-order chi connectivity index (χ1) is 12.8. The summed E-state index contributed by atoms with van der Waals surface area (Å²) in [6.45, 7) is 0. The van der Waals surface area contributed by atoms with Crippen LogP contribution in [0.2, 0.25) is 5.02 Å². The average molecular weight is 389 g/mol. The Bertz CT molecular complexity index is 1080. The van der Waals surface area contributed by atoms with Crippen molar-refractivity contribution >= 4 is 23.5 Å². The summed E-state index contributed by atoms with van der Waals surface area (Å²) in [5.74, 6) is 0.733. The maximum atomic E-state index is 12.8. The molecule has 4 rings (SSSR count). The van der Waals surface area contributed by atoms with Crippen molar-refractivity contribution in [1.29, 1.82) is 0 Å². The van der Waals surface area contributed by atoms with Gasteiger partial charge in [-0.2, -0.15) is 13.2 Å². The zero-order valence-corrected chi connectivity index (χ0v) is 14.6. The number of ketones is 1. The quantitative estimate of drug-likeness (QED) is 0.473. The number of alkyl halides is 3. The molecule has 1 heterocycles. The fourth-order valence-electron chi connectivity index (χ4n) is 3.11. The first kappa shape index (κ1) is 17.6. The zero-order chi connectivity index (χ0) is 19.2. The third-order valence-electron chi connectivity index (χ3n) is 4.44. The van der Waals surface area contributed by atoms with E-state index >= 15 is 0 Å². The summed E-state index contributed by atoms with van der Waals surface area (Å²) in [6, 6.07) is 13.8. The van der Waals surface area contributed by atoms with Crippen LogP contribution in [0.1, 0.15) is 27.2 Å². The Hall–Kier alpha value is -2.79. The van der Waals surface area contributed by atoms with Crippen LogP contribution in [-0.2, 0) is 12.6 Å². The molecule has 0 radical (unpaired) electrons. The first-order valence-corrected chi connectivity index (χ1v) is 8.51. The van der Waals surface area contributed by atoms with Gasteiger partial charge < -0.3 is 4.42 Å². The fraction of sp³-hybridized carbons (Fsp3) is 0.0952. The van der Waals surface area contributed by atoms with Crippen molar-refractivity contribution in [3.8, 4) is 11.3 Å². The van der Waals surface area contributed by atoms with E-state index in [1.807, 2.05) is 18.2 Å². The number of Topliss-reactive ketones (excluding diaryl/α,β-unsaturated/α-hetero) is 1. The van der Waals surface area contributed by atoms with E-state index in [0.29, 0.717) is 34.6 Å². The molecule has 6 heteroatoms. The largest absolute Gasteiger partial charge is 0.457 e. The molecule has 0 aliphatic heterocycles.